The number of hydrogen-bond donors (Lipinski definition) is 2. The second kappa shape index (κ2) is 3.14. The molecule has 0 amide bonds. The van der Waals surface area contributed by atoms with E-state index in [9.17, 15) is 9.90 Å². The summed E-state index contributed by atoms with van der Waals surface area (Å²) in [4.78, 5) is 20.0. The molecule has 74 valence electrons. The average Bonchev–Trinajstić information content (AvgIpc) is 2.58. The molecule has 2 rings (SSSR count). The third-order valence-corrected chi connectivity index (χ3v) is 2.69. The van der Waals surface area contributed by atoms with Gasteiger partial charge in [-0.2, -0.15) is 4.89 Å². The maximum Gasteiger partial charge on any atom is 0.337 e. The zero-order valence-electron chi connectivity index (χ0n) is 6.78. The molecule has 0 aliphatic carbocycles. The first-order valence-electron chi connectivity index (χ1n) is 3.68. The highest BCUT2D eigenvalue weighted by molar-refractivity contribution is 9.10. The summed E-state index contributed by atoms with van der Waals surface area (Å²) in [7, 11) is 0. The molecule has 0 bridgehead atoms. The number of carboxylic acids is 1. The number of aromatic carboxylic acids is 1. The van der Waals surface area contributed by atoms with Gasteiger partial charge < -0.3 is 15.1 Å². The molecule has 1 heterocycles. The molecule has 5 nitrogen and oxygen atoms in total. The lowest BCUT2D eigenvalue weighted by atomic mass is 10.1. The number of aromatic hydroxyl groups is 1. The largest absolute Gasteiger partial charge is 0.506 e. The van der Waals surface area contributed by atoms with E-state index >= 15 is 0 Å². The van der Waals surface area contributed by atoms with Gasteiger partial charge in [0.05, 0.1) is 15.6 Å². The van der Waals surface area contributed by atoms with Crippen molar-refractivity contribution in [1.29, 1.82) is 0 Å². The van der Waals surface area contributed by atoms with Crippen molar-refractivity contribution in [2.24, 2.45) is 0 Å². The molecule has 14 heavy (non-hydrogen) atoms. The minimum absolute atomic E-state index is 0.0632. The maximum absolute atomic E-state index is 10.7. The molecule has 1 aromatic carbocycles. The molecular formula is C8H5BrO5. The Morgan fingerprint density at radius 1 is 1.57 bits per heavy atom. The smallest absolute Gasteiger partial charge is 0.337 e. The number of halogens is 1. The highest BCUT2D eigenvalue weighted by Crippen LogP contribution is 2.41. The standard InChI is InChI=1S/C8H5BrO5/c9-6-3(8(11)12)1-5-4(7(6)10)2-13-14-5/h1,10H,2H2,(H,11,12). The third kappa shape index (κ3) is 1.23. The minimum atomic E-state index is -1.15. The van der Waals surface area contributed by atoms with Crippen LogP contribution >= 0.6 is 15.9 Å². The van der Waals surface area contributed by atoms with Crippen LogP contribution in [0.4, 0.5) is 0 Å². The van der Waals surface area contributed by atoms with Crippen molar-refractivity contribution in [2.75, 3.05) is 0 Å². The molecule has 2 N–H and O–H groups in total. The molecule has 1 aliphatic heterocycles. The van der Waals surface area contributed by atoms with Crippen LogP contribution in [0, 0.1) is 0 Å². The topological polar surface area (TPSA) is 76.0 Å². The number of benzene rings is 1. The molecule has 0 aromatic heterocycles. The summed E-state index contributed by atoms with van der Waals surface area (Å²) in [6, 6.07) is 1.30. The van der Waals surface area contributed by atoms with Crippen LogP contribution in [0.3, 0.4) is 0 Å². The summed E-state index contributed by atoms with van der Waals surface area (Å²) in [5, 5.41) is 18.4. The molecule has 6 heteroatoms. The first-order chi connectivity index (χ1) is 6.61. The highest BCUT2D eigenvalue weighted by Gasteiger charge is 2.25. The first-order valence-corrected chi connectivity index (χ1v) is 4.47. The fourth-order valence-corrected chi connectivity index (χ4v) is 1.70. The summed E-state index contributed by atoms with van der Waals surface area (Å²) in [5.41, 5.74) is 0.383. The van der Waals surface area contributed by atoms with Crippen molar-refractivity contribution < 1.29 is 24.8 Å². The van der Waals surface area contributed by atoms with Gasteiger partial charge in [0.2, 0.25) is 0 Å². The van der Waals surface area contributed by atoms with Crippen molar-refractivity contribution in [2.45, 2.75) is 6.61 Å². The summed E-state index contributed by atoms with van der Waals surface area (Å²) >= 11 is 2.99. The van der Waals surface area contributed by atoms with Gasteiger partial charge >= 0.3 is 5.97 Å². The Balaban J connectivity index is 2.67. The summed E-state index contributed by atoms with van der Waals surface area (Å²) in [6.07, 6.45) is 0. The van der Waals surface area contributed by atoms with Gasteiger partial charge in [-0.15, -0.1) is 0 Å². The summed E-state index contributed by atoms with van der Waals surface area (Å²) < 4.78 is 0.137. The van der Waals surface area contributed by atoms with Gasteiger partial charge in [-0.05, 0) is 15.9 Å². The Labute approximate surface area is 86.9 Å². The van der Waals surface area contributed by atoms with E-state index in [-0.39, 0.29) is 28.1 Å². The van der Waals surface area contributed by atoms with Gasteiger partial charge in [-0.3, -0.25) is 0 Å². The van der Waals surface area contributed by atoms with Crippen LogP contribution in [0.1, 0.15) is 15.9 Å². The Morgan fingerprint density at radius 3 is 2.93 bits per heavy atom. The number of hydrogen-bond acceptors (Lipinski definition) is 4. The average molecular weight is 261 g/mol. The number of fused-ring (bicyclic) bond motifs is 1. The van der Waals surface area contributed by atoms with Gasteiger partial charge in [-0.25, -0.2) is 4.79 Å². The van der Waals surface area contributed by atoms with Gasteiger partial charge in [-0.1, -0.05) is 0 Å². The molecule has 0 saturated heterocycles. The highest BCUT2D eigenvalue weighted by atomic mass is 79.9. The van der Waals surface area contributed by atoms with Crippen LogP contribution in [0.5, 0.6) is 11.5 Å². The van der Waals surface area contributed by atoms with E-state index < -0.39 is 5.97 Å². The van der Waals surface area contributed by atoms with Gasteiger partial charge in [0.25, 0.3) is 0 Å². The van der Waals surface area contributed by atoms with Crippen molar-refractivity contribution in [3.8, 4) is 11.5 Å². The predicted octanol–water partition coefficient (Wildman–Crippen LogP) is 1.68. The van der Waals surface area contributed by atoms with Crippen LogP contribution < -0.4 is 4.89 Å². The maximum atomic E-state index is 10.7. The van der Waals surface area contributed by atoms with Crippen molar-refractivity contribution in [1.82, 2.24) is 0 Å². The quantitative estimate of drug-likeness (QED) is 0.752. The fourth-order valence-electron chi connectivity index (χ4n) is 1.18. The molecule has 0 atom stereocenters. The SMILES string of the molecule is O=C(O)c1cc2c(c(O)c1Br)COO2. The summed E-state index contributed by atoms with van der Waals surface area (Å²) in [5.74, 6) is -1.06. The molecule has 0 spiro atoms. The molecular weight excluding hydrogens is 256 g/mol. The van der Waals surface area contributed by atoms with Crippen LogP contribution in [-0.4, -0.2) is 16.2 Å². The predicted molar refractivity (Wildman–Crippen MR) is 48.2 cm³/mol. The lowest BCUT2D eigenvalue weighted by Gasteiger charge is -2.04. The molecule has 0 fully saturated rings. The number of rotatable bonds is 1. The number of carboxylic acid groups (broad SMARTS) is 1. The van der Waals surface area contributed by atoms with E-state index in [4.69, 9.17) is 5.11 Å². The second-order valence-electron chi connectivity index (χ2n) is 2.71. The van der Waals surface area contributed by atoms with Crippen LogP contribution in [0.2, 0.25) is 0 Å². The first kappa shape index (κ1) is 9.29. The normalized spacial score (nSPS) is 13.5. The van der Waals surface area contributed by atoms with E-state index in [0.29, 0.717) is 5.56 Å². The Hall–Kier alpha value is -1.27. The zero-order valence-corrected chi connectivity index (χ0v) is 8.37. The molecule has 1 aliphatic rings. The van der Waals surface area contributed by atoms with Gasteiger partial charge in [0.1, 0.15) is 12.4 Å². The Kier molecular flexibility index (Phi) is 2.09. The lowest BCUT2D eigenvalue weighted by molar-refractivity contribution is -0.194. The van der Waals surface area contributed by atoms with Crippen molar-refractivity contribution in [3.63, 3.8) is 0 Å². The number of phenols is 1. The fraction of sp³-hybridized carbons (Fsp3) is 0.125. The van der Waals surface area contributed by atoms with E-state index in [1.807, 2.05) is 0 Å². The van der Waals surface area contributed by atoms with Crippen molar-refractivity contribution >= 4 is 21.9 Å². The zero-order chi connectivity index (χ0) is 10.3. The van der Waals surface area contributed by atoms with Crippen LogP contribution in [0.25, 0.3) is 0 Å². The van der Waals surface area contributed by atoms with E-state index in [2.05, 4.69) is 25.7 Å². The van der Waals surface area contributed by atoms with Gasteiger partial charge in [0.15, 0.2) is 5.75 Å². The molecule has 0 saturated carbocycles. The van der Waals surface area contributed by atoms with E-state index in [1.54, 1.807) is 0 Å². The Morgan fingerprint density at radius 2 is 2.29 bits per heavy atom. The second-order valence-corrected chi connectivity index (χ2v) is 3.51. The van der Waals surface area contributed by atoms with Gasteiger partial charge in [0, 0.05) is 6.07 Å². The minimum Gasteiger partial charge on any atom is -0.506 e. The van der Waals surface area contributed by atoms with Crippen molar-refractivity contribution in [3.05, 3.63) is 21.7 Å². The Bertz CT molecular complexity index is 415. The van der Waals surface area contributed by atoms with Crippen LogP contribution in [0.15, 0.2) is 10.5 Å². The van der Waals surface area contributed by atoms with Crippen LogP contribution in [-0.2, 0) is 11.5 Å². The molecule has 0 unspecified atom stereocenters. The molecule has 0 radical (unpaired) electrons. The third-order valence-electron chi connectivity index (χ3n) is 1.89. The van der Waals surface area contributed by atoms with E-state index in [1.165, 1.54) is 6.07 Å². The monoisotopic (exact) mass is 260 g/mol. The lowest BCUT2D eigenvalue weighted by Crippen LogP contribution is -1.98. The number of carbonyl (C=O) groups is 1. The molecule has 1 aromatic rings. The van der Waals surface area contributed by atoms with E-state index in [0.717, 1.165) is 0 Å². The number of phenolic OH excluding ortho intramolecular Hbond substituents is 1. The summed E-state index contributed by atoms with van der Waals surface area (Å²) in [6.45, 7) is 0.111.